The zero-order valence-corrected chi connectivity index (χ0v) is 14.2. The number of ether oxygens (including phenoxy) is 1. The molecule has 0 spiro atoms. The van der Waals surface area contributed by atoms with Crippen LogP contribution in [-0.2, 0) is 24.1 Å². The second-order valence-electron chi connectivity index (χ2n) is 6.03. The molecular weight excluding hydrogens is 366 g/mol. The van der Waals surface area contributed by atoms with E-state index in [-0.39, 0.29) is 18.7 Å². The van der Waals surface area contributed by atoms with Crippen molar-refractivity contribution in [3.05, 3.63) is 70.7 Å². The van der Waals surface area contributed by atoms with Gasteiger partial charge in [0.2, 0.25) is 0 Å². The van der Waals surface area contributed by atoms with Crippen LogP contribution in [0.3, 0.4) is 0 Å². The Morgan fingerprint density at radius 1 is 1.19 bits per heavy atom. The van der Waals surface area contributed by atoms with E-state index in [1.807, 2.05) is 0 Å². The second kappa shape index (κ2) is 7.03. The van der Waals surface area contributed by atoms with Gasteiger partial charge in [-0.25, -0.2) is 9.18 Å². The smallest absolute Gasteiger partial charge is 0.416 e. The third-order valence-corrected chi connectivity index (χ3v) is 4.22. The monoisotopic (exact) mass is 381 g/mol. The Morgan fingerprint density at radius 3 is 2.56 bits per heavy atom. The first-order valence-corrected chi connectivity index (χ1v) is 7.91. The largest absolute Gasteiger partial charge is 0.478 e. The molecule has 4 nitrogen and oxygen atoms in total. The number of carbonyl (C=O) groups is 1. The molecule has 1 heterocycles. The van der Waals surface area contributed by atoms with Crippen molar-refractivity contribution in [1.82, 2.24) is 4.57 Å². The molecule has 1 aromatic heterocycles. The van der Waals surface area contributed by atoms with Crippen molar-refractivity contribution in [3.63, 3.8) is 0 Å². The molecule has 0 fully saturated rings. The highest BCUT2D eigenvalue weighted by Crippen LogP contribution is 2.34. The van der Waals surface area contributed by atoms with Crippen LogP contribution in [0.5, 0.6) is 0 Å². The summed E-state index contributed by atoms with van der Waals surface area (Å²) >= 11 is 0. The van der Waals surface area contributed by atoms with E-state index < -0.39 is 29.1 Å². The zero-order chi connectivity index (χ0) is 19.8. The van der Waals surface area contributed by atoms with Gasteiger partial charge in [0, 0.05) is 29.8 Å². The molecule has 3 aromatic rings. The summed E-state index contributed by atoms with van der Waals surface area (Å²) in [4.78, 5) is 11.1. The van der Waals surface area contributed by atoms with Crippen molar-refractivity contribution in [2.75, 3.05) is 7.11 Å². The van der Waals surface area contributed by atoms with Crippen LogP contribution in [0.1, 0.15) is 27.0 Å². The topological polar surface area (TPSA) is 51.5 Å². The lowest BCUT2D eigenvalue weighted by atomic mass is 10.1. The van der Waals surface area contributed by atoms with Crippen LogP contribution < -0.4 is 0 Å². The average Bonchev–Trinajstić information content (AvgIpc) is 2.99. The van der Waals surface area contributed by atoms with Gasteiger partial charge in [-0.05, 0) is 24.3 Å². The lowest BCUT2D eigenvalue weighted by Gasteiger charge is -2.14. The number of carboxylic acids is 1. The highest BCUT2D eigenvalue weighted by molar-refractivity contribution is 5.88. The highest BCUT2D eigenvalue weighted by Gasteiger charge is 2.31. The molecule has 0 saturated carbocycles. The molecule has 142 valence electrons. The Balaban J connectivity index is 2.11. The Hall–Kier alpha value is -2.87. The molecule has 0 aliphatic carbocycles. The Kier molecular flexibility index (Phi) is 4.93. The summed E-state index contributed by atoms with van der Waals surface area (Å²) < 4.78 is 60.3. The number of aromatic nitrogens is 1. The van der Waals surface area contributed by atoms with Gasteiger partial charge in [0.05, 0.1) is 29.8 Å². The summed E-state index contributed by atoms with van der Waals surface area (Å²) in [6.07, 6.45) is -2.96. The molecule has 2 aromatic carbocycles. The molecule has 0 unspecified atom stereocenters. The first-order chi connectivity index (χ1) is 12.7. The first kappa shape index (κ1) is 18.9. The maximum atomic E-state index is 14.4. The van der Waals surface area contributed by atoms with Crippen LogP contribution in [0, 0.1) is 5.82 Å². The van der Waals surface area contributed by atoms with Gasteiger partial charge in [0.15, 0.2) is 0 Å². The number of hydrogen-bond acceptors (Lipinski definition) is 2. The second-order valence-corrected chi connectivity index (χ2v) is 6.03. The van der Waals surface area contributed by atoms with Crippen molar-refractivity contribution in [2.45, 2.75) is 19.3 Å². The van der Waals surface area contributed by atoms with E-state index in [1.165, 1.54) is 31.5 Å². The first-order valence-electron chi connectivity index (χ1n) is 7.91. The van der Waals surface area contributed by atoms with Gasteiger partial charge in [-0.3, -0.25) is 0 Å². The molecule has 27 heavy (non-hydrogen) atoms. The summed E-state index contributed by atoms with van der Waals surface area (Å²) in [7, 11) is 1.37. The van der Waals surface area contributed by atoms with Gasteiger partial charge in [0.25, 0.3) is 0 Å². The maximum Gasteiger partial charge on any atom is 0.416 e. The van der Waals surface area contributed by atoms with Crippen LogP contribution >= 0.6 is 0 Å². The molecule has 0 aliphatic rings. The van der Waals surface area contributed by atoms with E-state index in [9.17, 15) is 22.4 Å². The summed E-state index contributed by atoms with van der Waals surface area (Å²) in [5, 5.41) is 9.38. The Labute approximate surface area is 151 Å². The van der Waals surface area contributed by atoms with Gasteiger partial charge in [-0.1, -0.05) is 12.1 Å². The number of fused-ring (bicyclic) bond motifs is 1. The van der Waals surface area contributed by atoms with Crippen LogP contribution in [0.25, 0.3) is 10.9 Å². The highest BCUT2D eigenvalue weighted by atomic mass is 19.4. The number of benzene rings is 2. The van der Waals surface area contributed by atoms with Crippen molar-refractivity contribution >= 4 is 16.9 Å². The molecule has 0 saturated heterocycles. The van der Waals surface area contributed by atoms with Crippen molar-refractivity contribution < 1.29 is 32.2 Å². The van der Waals surface area contributed by atoms with Crippen molar-refractivity contribution in [3.8, 4) is 0 Å². The van der Waals surface area contributed by atoms with Gasteiger partial charge in [0.1, 0.15) is 5.82 Å². The Morgan fingerprint density at radius 2 is 1.93 bits per heavy atom. The number of halogens is 4. The van der Waals surface area contributed by atoms with E-state index in [0.29, 0.717) is 16.5 Å². The standard InChI is InChI=1S/C19H15F4NO3/c1-27-10-13-8-14(19(21,22)23)7-11-5-6-24(17(11)13)9-12-3-2-4-15(16(12)20)18(25)26/h2-8H,9-10H2,1H3,(H,25,26). The number of rotatable bonds is 5. The lowest BCUT2D eigenvalue weighted by Crippen LogP contribution is -2.09. The lowest BCUT2D eigenvalue weighted by molar-refractivity contribution is -0.137. The zero-order valence-electron chi connectivity index (χ0n) is 14.2. The van der Waals surface area contributed by atoms with E-state index in [2.05, 4.69) is 0 Å². The molecular formula is C19H15F4NO3. The molecule has 1 N–H and O–H groups in total. The summed E-state index contributed by atoms with van der Waals surface area (Å²) in [6, 6.07) is 7.55. The molecule has 0 amide bonds. The summed E-state index contributed by atoms with van der Waals surface area (Å²) in [5.41, 5.74) is -0.345. The summed E-state index contributed by atoms with van der Waals surface area (Å²) in [5.74, 6) is -2.26. The van der Waals surface area contributed by atoms with Crippen LogP contribution in [0.4, 0.5) is 17.6 Å². The number of hydrogen-bond donors (Lipinski definition) is 1. The fourth-order valence-electron chi connectivity index (χ4n) is 3.05. The number of methoxy groups -OCH3 is 1. The predicted octanol–water partition coefficient (Wildman–Crippen LogP) is 4.69. The van der Waals surface area contributed by atoms with Gasteiger partial charge >= 0.3 is 12.1 Å². The number of carboxylic acid groups (broad SMARTS) is 1. The fourth-order valence-corrected chi connectivity index (χ4v) is 3.05. The minimum Gasteiger partial charge on any atom is -0.478 e. The van der Waals surface area contributed by atoms with E-state index in [1.54, 1.807) is 4.57 Å². The van der Waals surface area contributed by atoms with E-state index in [0.717, 1.165) is 18.2 Å². The van der Waals surface area contributed by atoms with Crippen LogP contribution in [0.2, 0.25) is 0 Å². The third-order valence-electron chi connectivity index (χ3n) is 4.22. The van der Waals surface area contributed by atoms with Gasteiger partial charge in [-0.15, -0.1) is 0 Å². The van der Waals surface area contributed by atoms with Crippen molar-refractivity contribution in [2.24, 2.45) is 0 Å². The normalized spacial score (nSPS) is 11.9. The SMILES string of the molecule is COCc1cc(C(F)(F)F)cc2ccn(Cc3cccc(C(=O)O)c3F)c12. The predicted molar refractivity (Wildman–Crippen MR) is 90.1 cm³/mol. The van der Waals surface area contributed by atoms with Gasteiger partial charge in [-0.2, -0.15) is 13.2 Å². The molecule has 0 bridgehead atoms. The summed E-state index contributed by atoms with van der Waals surface area (Å²) in [6.45, 7) is -0.0827. The average molecular weight is 381 g/mol. The van der Waals surface area contributed by atoms with Crippen LogP contribution in [0.15, 0.2) is 42.6 Å². The molecule has 0 radical (unpaired) electrons. The fraction of sp³-hybridized carbons (Fsp3) is 0.211. The van der Waals surface area contributed by atoms with Gasteiger partial charge < -0.3 is 14.4 Å². The Bertz CT molecular complexity index is 1010. The van der Waals surface area contributed by atoms with Crippen molar-refractivity contribution in [1.29, 1.82) is 0 Å². The number of nitrogens with zero attached hydrogens (tertiary/aromatic N) is 1. The quantitative estimate of drug-likeness (QED) is 0.653. The van der Waals surface area contributed by atoms with E-state index >= 15 is 0 Å². The van der Waals surface area contributed by atoms with Crippen LogP contribution in [-0.4, -0.2) is 22.8 Å². The number of alkyl halides is 3. The molecule has 0 atom stereocenters. The van der Waals surface area contributed by atoms with E-state index in [4.69, 9.17) is 9.84 Å². The third kappa shape index (κ3) is 3.66. The molecule has 0 aliphatic heterocycles. The maximum absolute atomic E-state index is 14.4. The minimum atomic E-state index is -4.50. The molecule has 8 heteroatoms. The molecule has 3 rings (SSSR count). The number of aromatic carboxylic acids is 1. The minimum absolute atomic E-state index is 0.0292.